The molecule has 7 nitrogen and oxygen atoms in total. The minimum absolute atomic E-state index is 0.219. The average molecular weight is 334 g/mol. The maximum Gasteiger partial charge on any atom is 0.341 e. The third kappa shape index (κ3) is 2.98. The molecule has 0 aliphatic carbocycles. The fraction of sp³-hybridized carbons (Fsp3) is 0.0909. The molecule has 112 valence electrons. The lowest BCUT2D eigenvalue weighted by Crippen LogP contribution is -2.17. The predicted molar refractivity (Wildman–Crippen MR) is 72.4 cm³/mol. The van der Waals surface area contributed by atoms with Crippen LogP contribution in [0.1, 0.15) is 10.4 Å². The number of halogens is 2. The number of carboxylic acid groups (broad SMARTS) is 1. The van der Waals surface area contributed by atoms with Gasteiger partial charge in [0.1, 0.15) is 11.4 Å². The zero-order chi connectivity index (χ0) is 15.8. The number of sulfonamides is 1. The van der Waals surface area contributed by atoms with Crippen molar-refractivity contribution in [3.05, 3.63) is 40.8 Å². The minimum Gasteiger partial charge on any atom is -0.477 e. The quantitative estimate of drug-likeness (QED) is 0.887. The molecule has 0 fully saturated rings. The Bertz CT molecular complexity index is 819. The van der Waals surface area contributed by atoms with Gasteiger partial charge in [0, 0.05) is 7.05 Å². The standard InChI is InChI=1S/C11H9ClFN3O4S/c1-16-10(7(5-14-16)11(17)18)15-21(19,20)6-2-3-9(13)8(12)4-6/h2-5,15H,1H3,(H,17,18). The Kier molecular flexibility index (Phi) is 3.88. The molecular formula is C11H9ClFN3O4S. The van der Waals surface area contributed by atoms with Gasteiger partial charge in [0.2, 0.25) is 0 Å². The van der Waals surface area contributed by atoms with Gasteiger partial charge in [-0.3, -0.25) is 9.40 Å². The van der Waals surface area contributed by atoms with Crippen molar-refractivity contribution in [2.24, 2.45) is 7.05 Å². The second kappa shape index (κ2) is 5.34. The number of hydrogen-bond acceptors (Lipinski definition) is 4. The first-order valence-corrected chi connectivity index (χ1v) is 7.31. The van der Waals surface area contributed by atoms with Crippen LogP contribution < -0.4 is 4.72 Å². The van der Waals surface area contributed by atoms with Gasteiger partial charge in [-0.1, -0.05) is 11.6 Å². The molecule has 2 aromatic rings. The summed E-state index contributed by atoms with van der Waals surface area (Å²) in [5.74, 6) is -2.32. The molecule has 10 heteroatoms. The third-order valence-corrected chi connectivity index (χ3v) is 4.23. The molecule has 0 atom stereocenters. The molecule has 21 heavy (non-hydrogen) atoms. The topological polar surface area (TPSA) is 101 Å². The number of hydrogen-bond donors (Lipinski definition) is 2. The Hall–Kier alpha value is -2.13. The van der Waals surface area contributed by atoms with E-state index in [4.69, 9.17) is 16.7 Å². The van der Waals surface area contributed by atoms with E-state index in [9.17, 15) is 17.6 Å². The largest absolute Gasteiger partial charge is 0.477 e. The van der Waals surface area contributed by atoms with Crippen molar-refractivity contribution in [1.29, 1.82) is 0 Å². The number of carboxylic acids is 1. The molecule has 0 aliphatic heterocycles. The summed E-state index contributed by atoms with van der Waals surface area (Å²) in [4.78, 5) is 10.7. The lowest BCUT2D eigenvalue weighted by molar-refractivity contribution is 0.0698. The number of nitrogens with zero attached hydrogens (tertiary/aromatic N) is 2. The second-order valence-electron chi connectivity index (χ2n) is 4.02. The van der Waals surface area contributed by atoms with Gasteiger partial charge in [-0.05, 0) is 18.2 Å². The van der Waals surface area contributed by atoms with Crippen LogP contribution >= 0.6 is 11.6 Å². The molecule has 1 aromatic heterocycles. The minimum atomic E-state index is -4.13. The number of nitrogens with one attached hydrogen (secondary N) is 1. The van der Waals surface area contributed by atoms with Crippen LogP contribution in [-0.4, -0.2) is 29.3 Å². The molecule has 0 amide bonds. The van der Waals surface area contributed by atoms with Gasteiger partial charge in [-0.15, -0.1) is 0 Å². The fourth-order valence-corrected chi connectivity index (χ4v) is 2.93. The average Bonchev–Trinajstić information content (AvgIpc) is 2.74. The van der Waals surface area contributed by atoms with Crippen LogP contribution in [0.3, 0.4) is 0 Å². The molecule has 0 aliphatic rings. The van der Waals surface area contributed by atoms with Crippen LogP contribution in [0.15, 0.2) is 29.3 Å². The van der Waals surface area contributed by atoms with Gasteiger partial charge in [0.25, 0.3) is 10.0 Å². The Morgan fingerprint density at radius 1 is 1.48 bits per heavy atom. The van der Waals surface area contributed by atoms with Gasteiger partial charge in [0.05, 0.1) is 16.1 Å². The van der Waals surface area contributed by atoms with E-state index in [2.05, 4.69) is 9.82 Å². The van der Waals surface area contributed by atoms with Crippen LogP contribution in [0.2, 0.25) is 5.02 Å². The number of rotatable bonds is 4. The highest BCUT2D eigenvalue weighted by atomic mass is 35.5. The first kappa shape index (κ1) is 15.3. The summed E-state index contributed by atoms with van der Waals surface area (Å²) in [7, 11) is -2.75. The fourth-order valence-electron chi connectivity index (χ4n) is 1.55. The van der Waals surface area contributed by atoms with E-state index in [0.717, 1.165) is 29.1 Å². The Morgan fingerprint density at radius 2 is 2.14 bits per heavy atom. The smallest absolute Gasteiger partial charge is 0.341 e. The van der Waals surface area contributed by atoms with Crippen molar-refractivity contribution in [2.45, 2.75) is 4.90 Å². The van der Waals surface area contributed by atoms with E-state index in [-0.39, 0.29) is 21.3 Å². The molecule has 1 heterocycles. The zero-order valence-electron chi connectivity index (χ0n) is 10.5. The normalized spacial score (nSPS) is 11.4. The summed E-state index contributed by atoms with van der Waals surface area (Å²) in [5.41, 5.74) is -0.311. The summed E-state index contributed by atoms with van der Waals surface area (Å²) in [6.45, 7) is 0. The van der Waals surface area contributed by atoms with Crippen LogP contribution in [0.25, 0.3) is 0 Å². The van der Waals surface area contributed by atoms with Gasteiger partial charge in [-0.25, -0.2) is 17.6 Å². The summed E-state index contributed by atoms with van der Waals surface area (Å²) < 4.78 is 40.5. The van der Waals surface area contributed by atoms with Crippen LogP contribution in [0, 0.1) is 5.82 Å². The second-order valence-corrected chi connectivity index (χ2v) is 6.11. The Morgan fingerprint density at radius 3 is 2.71 bits per heavy atom. The molecule has 2 rings (SSSR count). The summed E-state index contributed by atoms with van der Waals surface area (Å²) in [5, 5.41) is 12.3. The van der Waals surface area contributed by atoms with Gasteiger partial charge < -0.3 is 5.11 Å². The van der Waals surface area contributed by atoms with Crippen molar-refractivity contribution in [3.8, 4) is 0 Å². The van der Waals surface area contributed by atoms with E-state index in [0.29, 0.717) is 0 Å². The highest BCUT2D eigenvalue weighted by Crippen LogP contribution is 2.23. The predicted octanol–water partition coefficient (Wildman–Crippen LogP) is 1.71. The van der Waals surface area contributed by atoms with E-state index >= 15 is 0 Å². The molecule has 0 saturated heterocycles. The molecule has 0 saturated carbocycles. The molecule has 1 aromatic carbocycles. The monoisotopic (exact) mass is 333 g/mol. The first-order chi connectivity index (χ1) is 9.72. The summed E-state index contributed by atoms with van der Waals surface area (Å²) in [6.07, 6.45) is 1.01. The van der Waals surface area contributed by atoms with Crippen molar-refractivity contribution in [3.63, 3.8) is 0 Å². The van der Waals surface area contributed by atoms with Gasteiger partial charge in [0.15, 0.2) is 5.82 Å². The summed E-state index contributed by atoms with van der Waals surface area (Å²) in [6, 6.07) is 2.84. The van der Waals surface area contributed by atoms with Crippen molar-refractivity contribution >= 4 is 33.4 Å². The maximum absolute atomic E-state index is 13.1. The van der Waals surface area contributed by atoms with Crippen molar-refractivity contribution in [2.75, 3.05) is 4.72 Å². The van der Waals surface area contributed by atoms with Crippen LogP contribution in [0.5, 0.6) is 0 Å². The lowest BCUT2D eigenvalue weighted by Gasteiger charge is -2.09. The Balaban J connectivity index is 2.44. The molecule has 2 N–H and O–H groups in total. The number of anilines is 1. The number of aryl methyl sites for hydroxylation is 1. The molecule has 0 spiro atoms. The number of benzene rings is 1. The lowest BCUT2D eigenvalue weighted by atomic mass is 10.3. The highest BCUT2D eigenvalue weighted by Gasteiger charge is 2.22. The number of aromatic carboxylic acids is 1. The highest BCUT2D eigenvalue weighted by molar-refractivity contribution is 7.92. The SMILES string of the molecule is Cn1ncc(C(=O)O)c1NS(=O)(=O)c1ccc(F)c(Cl)c1. The van der Waals surface area contributed by atoms with E-state index in [1.807, 2.05) is 0 Å². The van der Waals surface area contributed by atoms with Crippen molar-refractivity contribution in [1.82, 2.24) is 9.78 Å². The Labute approximate surface area is 124 Å². The third-order valence-electron chi connectivity index (χ3n) is 2.60. The van der Waals surface area contributed by atoms with Crippen LogP contribution in [0.4, 0.5) is 10.2 Å². The number of carbonyl (C=O) groups is 1. The maximum atomic E-state index is 13.1. The molecule has 0 unspecified atom stereocenters. The molecular weight excluding hydrogens is 325 g/mol. The van der Waals surface area contributed by atoms with Crippen molar-refractivity contribution < 1.29 is 22.7 Å². The number of aromatic nitrogens is 2. The summed E-state index contributed by atoms with van der Waals surface area (Å²) >= 11 is 5.54. The van der Waals surface area contributed by atoms with E-state index < -0.39 is 21.8 Å². The van der Waals surface area contributed by atoms with Gasteiger partial charge in [-0.2, -0.15) is 5.10 Å². The van der Waals surface area contributed by atoms with Gasteiger partial charge >= 0.3 is 5.97 Å². The van der Waals surface area contributed by atoms with E-state index in [1.54, 1.807) is 0 Å². The van der Waals surface area contributed by atoms with E-state index in [1.165, 1.54) is 7.05 Å². The molecule has 0 bridgehead atoms. The van der Waals surface area contributed by atoms with Crippen LogP contribution in [-0.2, 0) is 17.1 Å². The zero-order valence-corrected chi connectivity index (χ0v) is 12.1. The first-order valence-electron chi connectivity index (χ1n) is 5.45. The molecule has 0 radical (unpaired) electrons.